The van der Waals surface area contributed by atoms with E-state index in [9.17, 15) is 4.79 Å². The number of halogens is 1. The quantitative estimate of drug-likeness (QED) is 0.748. The van der Waals surface area contributed by atoms with E-state index in [1.165, 1.54) is 5.56 Å². The summed E-state index contributed by atoms with van der Waals surface area (Å²) < 4.78 is 1.02. The molecule has 0 saturated carbocycles. The Kier molecular flexibility index (Phi) is 5.06. The van der Waals surface area contributed by atoms with Gasteiger partial charge in [0.1, 0.15) is 0 Å². The van der Waals surface area contributed by atoms with E-state index in [1.807, 2.05) is 30.3 Å². The number of carbonyl (C=O) groups is 1. The lowest BCUT2D eigenvalue weighted by atomic mass is 9.89. The summed E-state index contributed by atoms with van der Waals surface area (Å²) in [5.41, 5.74) is 2.19. The molecule has 0 radical (unpaired) electrons. The van der Waals surface area contributed by atoms with Gasteiger partial charge in [0.2, 0.25) is 0 Å². The van der Waals surface area contributed by atoms with Crippen LogP contribution in [0, 0.1) is 5.92 Å². The van der Waals surface area contributed by atoms with Crippen molar-refractivity contribution in [1.82, 2.24) is 4.90 Å². The van der Waals surface area contributed by atoms with Gasteiger partial charge in [0.05, 0.1) is 0 Å². The number of rotatable bonds is 4. The van der Waals surface area contributed by atoms with Crippen LogP contribution in [0.4, 0.5) is 0 Å². The monoisotopic (exact) mass is 357 g/mol. The average Bonchev–Trinajstić information content (AvgIpc) is 2.57. The summed E-state index contributed by atoms with van der Waals surface area (Å²) in [6, 6.07) is 18.3. The Morgan fingerprint density at radius 1 is 1.00 bits per heavy atom. The molecule has 0 N–H and O–H groups in total. The summed E-state index contributed by atoms with van der Waals surface area (Å²) in [6.07, 6.45) is 1.92. The maximum absolute atomic E-state index is 12.5. The number of likely N-dealkylation sites (tertiary alicyclic amines) is 1. The summed E-state index contributed by atoms with van der Waals surface area (Å²) in [6.45, 7) is 2.99. The zero-order chi connectivity index (χ0) is 15.4. The van der Waals surface area contributed by atoms with Gasteiger partial charge >= 0.3 is 0 Å². The van der Waals surface area contributed by atoms with Gasteiger partial charge in [-0.1, -0.05) is 58.4 Å². The number of benzene rings is 2. The van der Waals surface area contributed by atoms with Crippen LogP contribution in [-0.2, 0) is 6.54 Å². The standard InChI is InChI=1S/C19H20BrNO/c20-18-8-6-16(7-9-18)19(22)17-10-12-21(13-11-17)14-15-4-2-1-3-5-15/h1-9,17H,10-14H2. The van der Waals surface area contributed by atoms with Crippen molar-refractivity contribution in [2.75, 3.05) is 13.1 Å². The van der Waals surface area contributed by atoms with Crippen molar-refractivity contribution in [3.8, 4) is 0 Å². The molecule has 1 fully saturated rings. The first-order valence-corrected chi connectivity index (χ1v) is 8.58. The predicted octanol–water partition coefficient (Wildman–Crippen LogP) is 4.54. The molecule has 0 spiro atoms. The van der Waals surface area contributed by atoms with Gasteiger partial charge in [0.15, 0.2) is 5.78 Å². The fraction of sp³-hybridized carbons (Fsp3) is 0.316. The molecule has 0 bridgehead atoms. The minimum Gasteiger partial charge on any atom is -0.299 e. The van der Waals surface area contributed by atoms with Crippen LogP contribution in [0.3, 0.4) is 0 Å². The second-order valence-corrected chi connectivity index (χ2v) is 6.82. The summed E-state index contributed by atoms with van der Waals surface area (Å²) in [5.74, 6) is 0.472. The van der Waals surface area contributed by atoms with Crippen molar-refractivity contribution < 1.29 is 4.79 Å². The molecule has 0 atom stereocenters. The van der Waals surface area contributed by atoms with E-state index in [4.69, 9.17) is 0 Å². The maximum Gasteiger partial charge on any atom is 0.166 e. The molecule has 0 amide bonds. The van der Waals surface area contributed by atoms with Gasteiger partial charge in [-0.05, 0) is 43.6 Å². The van der Waals surface area contributed by atoms with Crippen LogP contribution in [0.2, 0.25) is 0 Å². The predicted molar refractivity (Wildman–Crippen MR) is 92.9 cm³/mol. The SMILES string of the molecule is O=C(c1ccc(Br)cc1)C1CCN(Cc2ccccc2)CC1. The van der Waals surface area contributed by atoms with E-state index in [2.05, 4.69) is 45.1 Å². The summed E-state index contributed by atoms with van der Waals surface area (Å²) in [4.78, 5) is 15.0. The molecular formula is C19H20BrNO. The molecule has 3 heteroatoms. The molecule has 1 aliphatic rings. The van der Waals surface area contributed by atoms with Gasteiger partial charge < -0.3 is 0 Å². The third-order valence-electron chi connectivity index (χ3n) is 4.34. The van der Waals surface area contributed by atoms with Gasteiger partial charge in [0.25, 0.3) is 0 Å². The number of piperidine rings is 1. The lowest BCUT2D eigenvalue weighted by molar-refractivity contribution is 0.0835. The van der Waals surface area contributed by atoms with Gasteiger partial charge in [-0.25, -0.2) is 0 Å². The highest BCUT2D eigenvalue weighted by atomic mass is 79.9. The van der Waals surface area contributed by atoms with Gasteiger partial charge in [-0.15, -0.1) is 0 Å². The Bertz CT molecular complexity index is 616. The Morgan fingerprint density at radius 3 is 2.27 bits per heavy atom. The molecular weight excluding hydrogens is 338 g/mol. The Balaban J connectivity index is 1.55. The molecule has 2 nitrogen and oxygen atoms in total. The zero-order valence-electron chi connectivity index (χ0n) is 12.5. The number of hydrogen-bond acceptors (Lipinski definition) is 2. The van der Waals surface area contributed by atoms with Crippen LogP contribution in [0.5, 0.6) is 0 Å². The fourth-order valence-corrected chi connectivity index (χ4v) is 3.31. The highest BCUT2D eigenvalue weighted by molar-refractivity contribution is 9.10. The summed E-state index contributed by atoms with van der Waals surface area (Å²) >= 11 is 3.41. The maximum atomic E-state index is 12.5. The van der Waals surface area contributed by atoms with Crippen LogP contribution in [0.15, 0.2) is 59.1 Å². The third-order valence-corrected chi connectivity index (χ3v) is 4.86. The summed E-state index contributed by atoms with van der Waals surface area (Å²) in [7, 11) is 0. The van der Waals surface area contributed by atoms with E-state index < -0.39 is 0 Å². The van der Waals surface area contributed by atoms with Crippen LogP contribution >= 0.6 is 15.9 Å². The van der Waals surface area contributed by atoms with E-state index in [0.29, 0.717) is 5.78 Å². The zero-order valence-corrected chi connectivity index (χ0v) is 14.1. The smallest absolute Gasteiger partial charge is 0.166 e. The van der Waals surface area contributed by atoms with Crippen molar-refractivity contribution >= 4 is 21.7 Å². The van der Waals surface area contributed by atoms with Crippen molar-refractivity contribution in [2.45, 2.75) is 19.4 Å². The molecule has 0 unspecified atom stereocenters. The first kappa shape index (κ1) is 15.4. The number of Topliss-reactive ketones (excluding diaryl/α,β-unsaturated/α-hetero) is 1. The normalized spacial score (nSPS) is 16.6. The molecule has 114 valence electrons. The van der Waals surface area contributed by atoms with E-state index in [-0.39, 0.29) is 5.92 Å². The Labute approximate surface area is 140 Å². The number of hydrogen-bond donors (Lipinski definition) is 0. The van der Waals surface area contributed by atoms with Crippen molar-refractivity contribution in [1.29, 1.82) is 0 Å². The van der Waals surface area contributed by atoms with E-state index >= 15 is 0 Å². The number of ketones is 1. The van der Waals surface area contributed by atoms with E-state index in [1.54, 1.807) is 0 Å². The molecule has 3 rings (SSSR count). The first-order valence-electron chi connectivity index (χ1n) is 7.78. The van der Waals surface area contributed by atoms with Gasteiger partial charge in [0, 0.05) is 22.5 Å². The van der Waals surface area contributed by atoms with Crippen molar-refractivity contribution in [3.05, 3.63) is 70.2 Å². The first-order chi connectivity index (χ1) is 10.7. The minimum atomic E-state index is 0.174. The number of nitrogens with zero attached hydrogens (tertiary/aromatic N) is 1. The molecule has 22 heavy (non-hydrogen) atoms. The van der Waals surface area contributed by atoms with Crippen LogP contribution in [0.1, 0.15) is 28.8 Å². The van der Waals surface area contributed by atoms with E-state index in [0.717, 1.165) is 42.5 Å². The third kappa shape index (κ3) is 3.84. The van der Waals surface area contributed by atoms with Gasteiger partial charge in [-0.3, -0.25) is 9.69 Å². The summed E-state index contributed by atoms with van der Waals surface area (Å²) in [5, 5.41) is 0. The molecule has 1 aliphatic heterocycles. The average molecular weight is 358 g/mol. The molecule has 1 saturated heterocycles. The molecule has 1 heterocycles. The molecule has 0 aromatic heterocycles. The second kappa shape index (κ2) is 7.21. The molecule has 0 aliphatic carbocycles. The number of carbonyl (C=O) groups excluding carboxylic acids is 1. The van der Waals surface area contributed by atoms with Crippen LogP contribution in [-0.4, -0.2) is 23.8 Å². The second-order valence-electron chi connectivity index (χ2n) is 5.91. The largest absolute Gasteiger partial charge is 0.299 e. The van der Waals surface area contributed by atoms with Gasteiger partial charge in [-0.2, -0.15) is 0 Å². The lowest BCUT2D eigenvalue weighted by Gasteiger charge is -2.31. The lowest BCUT2D eigenvalue weighted by Crippen LogP contribution is -2.35. The van der Waals surface area contributed by atoms with Crippen molar-refractivity contribution in [3.63, 3.8) is 0 Å². The highest BCUT2D eigenvalue weighted by Gasteiger charge is 2.25. The highest BCUT2D eigenvalue weighted by Crippen LogP contribution is 2.23. The fourth-order valence-electron chi connectivity index (χ4n) is 3.04. The Hall–Kier alpha value is -1.45. The van der Waals surface area contributed by atoms with Crippen molar-refractivity contribution in [2.24, 2.45) is 5.92 Å². The molecule has 2 aromatic carbocycles. The Morgan fingerprint density at radius 2 is 1.64 bits per heavy atom. The topological polar surface area (TPSA) is 20.3 Å². The molecule has 2 aromatic rings. The minimum absolute atomic E-state index is 0.174. The van der Waals surface area contributed by atoms with Crippen LogP contribution < -0.4 is 0 Å². The van der Waals surface area contributed by atoms with Crippen LogP contribution in [0.25, 0.3) is 0 Å².